The third kappa shape index (κ3) is 6.31. The van der Waals surface area contributed by atoms with Gasteiger partial charge >= 0.3 is 0 Å². The molecule has 1 aliphatic heterocycles. The zero-order valence-corrected chi connectivity index (χ0v) is 24.1. The first kappa shape index (κ1) is 29.2. The number of benzene rings is 4. The summed E-state index contributed by atoms with van der Waals surface area (Å²) in [7, 11) is -3.96. The highest BCUT2D eigenvalue weighted by molar-refractivity contribution is 7.95. The molecule has 220 valence electrons. The van der Waals surface area contributed by atoms with Gasteiger partial charge in [0.15, 0.2) is 11.7 Å². The van der Waals surface area contributed by atoms with E-state index in [1.807, 2.05) is 43.3 Å². The Labute approximate surface area is 249 Å². The molecule has 0 spiro atoms. The highest BCUT2D eigenvalue weighted by Gasteiger charge is 2.43. The summed E-state index contributed by atoms with van der Waals surface area (Å²) in [6.07, 6.45) is 0.675. The van der Waals surface area contributed by atoms with Gasteiger partial charge in [-0.05, 0) is 48.9 Å². The number of hydrogen-bond donors (Lipinski definition) is 5. The van der Waals surface area contributed by atoms with Crippen molar-refractivity contribution in [3.05, 3.63) is 130 Å². The van der Waals surface area contributed by atoms with Crippen LogP contribution in [0.3, 0.4) is 0 Å². The predicted molar refractivity (Wildman–Crippen MR) is 166 cm³/mol. The Morgan fingerprint density at radius 2 is 1.49 bits per heavy atom. The molecule has 0 amide bonds. The second kappa shape index (κ2) is 11.9. The first-order valence-electron chi connectivity index (χ1n) is 13.4. The summed E-state index contributed by atoms with van der Waals surface area (Å²) in [6.45, 7) is 1.91. The summed E-state index contributed by atoms with van der Waals surface area (Å²) in [4.78, 5) is 0.298. The highest BCUT2D eigenvalue weighted by Crippen LogP contribution is 2.45. The number of nitrogens with one attached hydrogen (secondary N) is 1. The lowest BCUT2D eigenvalue weighted by Gasteiger charge is -2.25. The number of ether oxygens (including phenoxy) is 1. The van der Waals surface area contributed by atoms with Gasteiger partial charge in [0.05, 0.1) is 9.80 Å². The van der Waals surface area contributed by atoms with Crippen molar-refractivity contribution in [1.29, 1.82) is 0 Å². The third-order valence-electron chi connectivity index (χ3n) is 7.15. The molecule has 0 aromatic heterocycles. The van der Waals surface area contributed by atoms with Crippen LogP contribution in [0.4, 0.5) is 11.4 Å². The lowest BCUT2D eigenvalue weighted by Crippen LogP contribution is -2.27. The number of nitrogens with zero attached hydrogens (tertiary/aromatic N) is 2. The minimum absolute atomic E-state index is 0.0214. The fraction of sp³-hybridized carbons (Fsp3) is 0.125. The van der Waals surface area contributed by atoms with E-state index < -0.39 is 15.4 Å². The molecule has 1 aliphatic rings. The van der Waals surface area contributed by atoms with Gasteiger partial charge in [0.2, 0.25) is 9.84 Å². The smallest absolute Gasteiger partial charge is 0.206 e. The van der Waals surface area contributed by atoms with E-state index in [1.54, 1.807) is 66.7 Å². The van der Waals surface area contributed by atoms with Crippen molar-refractivity contribution in [3.8, 4) is 0 Å². The minimum atomic E-state index is -3.96. The third-order valence-corrected chi connectivity index (χ3v) is 9.02. The monoisotopic (exact) mass is 597 g/mol. The Hall–Kier alpha value is -5.29. The van der Waals surface area contributed by atoms with Crippen LogP contribution in [0, 0.1) is 0 Å². The fourth-order valence-corrected chi connectivity index (χ4v) is 6.69. The normalized spacial score (nSPS) is 17.5. The molecule has 7 N–H and O–H groups in total. The second-order valence-electron chi connectivity index (χ2n) is 10.4. The predicted octanol–water partition coefficient (Wildman–Crippen LogP) is 5.18. The molecule has 0 aliphatic carbocycles. The van der Waals surface area contributed by atoms with E-state index in [4.69, 9.17) is 26.6 Å². The Kier molecular flexibility index (Phi) is 8.09. The van der Waals surface area contributed by atoms with Crippen molar-refractivity contribution in [3.63, 3.8) is 0 Å². The number of hydrogen-bond acceptors (Lipinski definition) is 8. The van der Waals surface area contributed by atoms with Crippen LogP contribution in [-0.4, -0.2) is 36.1 Å². The Bertz CT molecular complexity index is 1820. The van der Waals surface area contributed by atoms with Crippen molar-refractivity contribution in [1.82, 2.24) is 0 Å². The van der Waals surface area contributed by atoms with Gasteiger partial charge in [0.25, 0.3) is 0 Å². The minimum Gasteiger partial charge on any atom is -0.485 e. The molecule has 0 saturated carbocycles. The van der Waals surface area contributed by atoms with Crippen LogP contribution in [0.5, 0.6) is 0 Å². The maximum atomic E-state index is 14.1. The molecule has 5 rings (SSSR count). The van der Waals surface area contributed by atoms with E-state index >= 15 is 0 Å². The summed E-state index contributed by atoms with van der Waals surface area (Å²) in [5.74, 6) is 0.193. The van der Waals surface area contributed by atoms with Crippen LogP contribution in [0.1, 0.15) is 35.6 Å². The molecular formula is C32H31N5O5S. The molecule has 1 unspecified atom stereocenters. The van der Waals surface area contributed by atoms with E-state index in [9.17, 15) is 8.42 Å². The molecule has 0 bridgehead atoms. The van der Waals surface area contributed by atoms with Gasteiger partial charge in [-0.1, -0.05) is 77.0 Å². The Balaban J connectivity index is 1.47. The van der Waals surface area contributed by atoms with E-state index in [0.717, 1.165) is 5.56 Å². The van der Waals surface area contributed by atoms with Gasteiger partial charge in [-0.2, -0.15) is 0 Å². The Morgan fingerprint density at radius 3 is 2.14 bits per heavy atom. The number of oxime groups is 2. The molecule has 1 atom stereocenters. The van der Waals surface area contributed by atoms with Gasteiger partial charge in [-0.3, -0.25) is 0 Å². The molecule has 0 fully saturated rings. The van der Waals surface area contributed by atoms with Crippen molar-refractivity contribution in [2.24, 2.45) is 21.8 Å². The summed E-state index contributed by atoms with van der Waals surface area (Å²) >= 11 is 0. The number of rotatable bonds is 9. The van der Waals surface area contributed by atoms with Gasteiger partial charge < -0.3 is 31.9 Å². The second-order valence-corrected chi connectivity index (χ2v) is 12.4. The Morgan fingerprint density at radius 1 is 0.837 bits per heavy atom. The standard InChI is InChI=1S/C32H31N5O5S/c1-32(19-21-6-3-2-4-7-21)20-28(29(42-32)22-10-12-23(13-11-22)30(33)36-38)43(40,41)27-16-14-25(15-17-27)35-26-9-5-8-24(18-26)31(34)37-39/h2-18,35,38-39H,19-20H2,1H3,(H2,33,36)(H2,34,37). The first-order chi connectivity index (χ1) is 20.6. The molecule has 0 saturated heterocycles. The topological polar surface area (TPSA) is 173 Å². The van der Waals surface area contributed by atoms with Crippen molar-refractivity contribution in [2.75, 3.05) is 5.32 Å². The average Bonchev–Trinajstić information content (AvgIpc) is 3.39. The van der Waals surface area contributed by atoms with Crippen molar-refractivity contribution < 1.29 is 23.6 Å². The zero-order chi connectivity index (χ0) is 30.6. The molecule has 0 radical (unpaired) electrons. The molecule has 1 heterocycles. The lowest BCUT2D eigenvalue weighted by molar-refractivity contribution is 0.0800. The van der Waals surface area contributed by atoms with Crippen LogP contribution in [0.15, 0.2) is 123 Å². The van der Waals surface area contributed by atoms with Crippen LogP contribution in [0.25, 0.3) is 5.76 Å². The van der Waals surface area contributed by atoms with Gasteiger partial charge in [-0.15, -0.1) is 0 Å². The quantitative estimate of drug-likeness (QED) is 0.0759. The van der Waals surface area contributed by atoms with E-state index in [0.29, 0.717) is 34.5 Å². The van der Waals surface area contributed by atoms with Gasteiger partial charge in [0.1, 0.15) is 11.4 Å². The number of nitrogens with two attached hydrogens (primary N) is 2. The molecule has 4 aromatic rings. The number of sulfone groups is 1. The number of anilines is 2. The van der Waals surface area contributed by atoms with Crippen molar-refractivity contribution in [2.45, 2.75) is 30.3 Å². The molecule has 11 heteroatoms. The van der Waals surface area contributed by atoms with Crippen LogP contribution in [0.2, 0.25) is 0 Å². The van der Waals surface area contributed by atoms with Gasteiger partial charge in [0, 0.05) is 40.9 Å². The number of amidine groups is 2. The van der Waals surface area contributed by atoms with Crippen molar-refractivity contribution >= 4 is 38.6 Å². The average molecular weight is 598 g/mol. The SMILES string of the molecule is CC1(Cc2ccccc2)CC(S(=O)(=O)c2ccc(Nc3cccc(C(N)=NO)c3)cc2)=C(c2ccc(C(N)=NO)cc2)O1. The first-order valence-corrected chi connectivity index (χ1v) is 14.8. The zero-order valence-electron chi connectivity index (χ0n) is 23.3. The highest BCUT2D eigenvalue weighted by atomic mass is 32.2. The summed E-state index contributed by atoms with van der Waals surface area (Å²) in [6, 6.07) is 29.9. The fourth-order valence-electron chi connectivity index (χ4n) is 5.01. The summed E-state index contributed by atoms with van der Waals surface area (Å²) in [5, 5.41) is 27.2. The molecular weight excluding hydrogens is 566 g/mol. The molecule has 4 aromatic carbocycles. The van der Waals surface area contributed by atoms with E-state index in [2.05, 4.69) is 15.6 Å². The van der Waals surface area contributed by atoms with E-state index in [-0.39, 0.29) is 33.7 Å². The summed E-state index contributed by atoms with van der Waals surface area (Å²) in [5.41, 5.74) is 14.6. The van der Waals surface area contributed by atoms with Crippen LogP contribution in [-0.2, 0) is 21.0 Å². The van der Waals surface area contributed by atoms with Crippen LogP contribution < -0.4 is 16.8 Å². The maximum absolute atomic E-state index is 14.1. The van der Waals surface area contributed by atoms with Gasteiger partial charge in [-0.25, -0.2) is 8.42 Å². The maximum Gasteiger partial charge on any atom is 0.206 e. The lowest BCUT2D eigenvalue weighted by atomic mass is 9.94. The van der Waals surface area contributed by atoms with Crippen LogP contribution >= 0.6 is 0 Å². The largest absolute Gasteiger partial charge is 0.485 e. The van der Waals surface area contributed by atoms with E-state index in [1.165, 1.54) is 0 Å². The molecule has 43 heavy (non-hydrogen) atoms. The molecule has 10 nitrogen and oxygen atoms in total. The summed E-state index contributed by atoms with van der Waals surface area (Å²) < 4.78 is 34.7.